The molecule has 17 heavy (non-hydrogen) atoms. The molecule has 2 heterocycles. The lowest BCUT2D eigenvalue weighted by molar-refractivity contribution is 0.102. The van der Waals surface area contributed by atoms with Crippen molar-refractivity contribution in [2.45, 2.75) is 0 Å². The largest absolute Gasteiger partial charge is 0.306 e. The Balaban J connectivity index is 2.24. The van der Waals surface area contributed by atoms with Crippen molar-refractivity contribution in [1.29, 1.82) is 5.26 Å². The predicted octanol–water partition coefficient (Wildman–Crippen LogP) is 2.21. The first-order valence-electron chi connectivity index (χ1n) is 4.59. The van der Waals surface area contributed by atoms with Crippen molar-refractivity contribution >= 4 is 45.7 Å². The van der Waals surface area contributed by atoms with Gasteiger partial charge in [-0.25, -0.2) is 0 Å². The number of hydrogen-bond acceptors (Lipinski definition) is 4. The number of nitrogens with zero attached hydrogens (tertiary/aromatic N) is 3. The molecule has 7 heteroatoms. The molecular formula is C10H7IN4OS. The zero-order chi connectivity index (χ0) is 12.4. The number of thiophene rings is 1. The van der Waals surface area contributed by atoms with E-state index in [0.717, 1.165) is 2.88 Å². The summed E-state index contributed by atoms with van der Waals surface area (Å²) in [4.78, 5) is 11.9. The van der Waals surface area contributed by atoms with E-state index in [1.807, 2.05) is 6.07 Å². The number of nitrogens with one attached hydrogen (secondary N) is 1. The van der Waals surface area contributed by atoms with Crippen molar-refractivity contribution in [1.82, 2.24) is 9.78 Å². The Morgan fingerprint density at radius 3 is 3.06 bits per heavy atom. The van der Waals surface area contributed by atoms with Crippen molar-refractivity contribution < 1.29 is 4.79 Å². The minimum atomic E-state index is -0.232. The molecular weight excluding hydrogens is 351 g/mol. The van der Waals surface area contributed by atoms with E-state index in [9.17, 15) is 4.79 Å². The highest BCUT2D eigenvalue weighted by atomic mass is 127. The number of carbonyl (C=O) groups excluding carboxylic acids is 1. The molecule has 0 aromatic carbocycles. The van der Waals surface area contributed by atoms with E-state index >= 15 is 0 Å². The number of amides is 1. The summed E-state index contributed by atoms with van der Waals surface area (Å²) >= 11 is 3.65. The predicted molar refractivity (Wildman–Crippen MR) is 72.9 cm³/mol. The van der Waals surface area contributed by atoms with Crippen LogP contribution in [0.25, 0.3) is 0 Å². The highest BCUT2D eigenvalue weighted by Gasteiger charge is 2.13. The molecule has 86 valence electrons. The monoisotopic (exact) mass is 358 g/mol. The van der Waals surface area contributed by atoms with Gasteiger partial charge in [-0.05, 0) is 28.7 Å². The first-order chi connectivity index (χ1) is 8.11. The van der Waals surface area contributed by atoms with Gasteiger partial charge in [0, 0.05) is 12.4 Å². The van der Waals surface area contributed by atoms with Crippen LogP contribution in [0, 0.1) is 14.2 Å². The minimum absolute atomic E-state index is 0.232. The highest BCUT2D eigenvalue weighted by Crippen LogP contribution is 2.19. The van der Waals surface area contributed by atoms with Gasteiger partial charge >= 0.3 is 0 Å². The van der Waals surface area contributed by atoms with Gasteiger partial charge in [-0.3, -0.25) is 9.48 Å². The molecule has 0 aliphatic carbocycles. The number of rotatable bonds is 2. The van der Waals surface area contributed by atoms with Crippen LogP contribution in [0.1, 0.15) is 15.9 Å². The Morgan fingerprint density at radius 1 is 1.71 bits per heavy atom. The van der Waals surface area contributed by atoms with E-state index in [-0.39, 0.29) is 5.91 Å². The van der Waals surface area contributed by atoms with E-state index in [1.165, 1.54) is 22.2 Å². The van der Waals surface area contributed by atoms with Crippen LogP contribution in [-0.4, -0.2) is 15.7 Å². The molecule has 0 aliphatic heterocycles. The number of nitriles is 1. The molecule has 0 fully saturated rings. The van der Waals surface area contributed by atoms with Gasteiger partial charge in [0.05, 0.1) is 14.6 Å². The van der Waals surface area contributed by atoms with Gasteiger partial charge in [-0.15, -0.1) is 11.3 Å². The fraction of sp³-hybridized carbons (Fsp3) is 0.100. The summed E-state index contributed by atoms with van der Waals surface area (Å²) in [6.07, 6.45) is 1.42. The number of carbonyl (C=O) groups is 1. The van der Waals surface area contributed by atoms with Gasteiger partial charge in [0.2, 0.25) is 0 Å². The smallest absolute Gasteiger partial charge is 0.257 e. The van der Waals surface area contributed by atoms with Crippen molar-refractivity contribution in [3.8, 4) is 6.07 Å². The van der Waals surface area contributed by atoms with Crippen LogP contribution in [0.2, 0.25) is 0 Å². The average Bonchev–Trinajstić information content (AvgIpc) is 2.87. The van der Waals surface area contributed by atoms with Crippen LogP contribution < -0.4 is 5.32 Å². The Labute approximate surface area is 115 Å². The summed E-state index contributed by atoms with van der Waals surface area (Å²) in [5.74, 6) is 0.183. The molecule has 0 spiro atoms. The van der Waals surface area contributed by atoms with Gasteiger partial charge in [-0.1, -0.05) is 0 Å². The Bertz CT molecular complexity index is 610. The van der Waals surface area contributed by atoms with Gasteiger partial charge in [0.15, 0.2) is 0 Å². The zero-order valence-electron chi connectivity index (χ0n) is 8.77. The van der Waals surface area contributed by atoms with Crippen LogP contribution in [-0.2, 0) is 7.05 Å². The third-order valence-corrected chi connectivity index (χ3v) is 3.91. The highest BCUT2D eigenvalue weighted by molar-refractivity contribution is 14.1. The molecule has 0 atom stereocenters. The SMILES string of the molecule is Cn1ncc(C#N)c1NC(=O)c1csc(I)c1. The lowest BCUT2D eigenvalue weighted by Crippen LogP contribution is -2.14. The van der Waals surface area contributed by atoms with Gasteiger partial charge in [0.25, 0.3) is 5.91 Å². The number of aryl methyl sites for hydroxylation is 1. The molecule has 0 saturated heterocycles. The summed E-state index contributed by atoms with van der Waals surface area (Å²) in [5, 5.41) is 17.2. The third-order valence-electron chi connectivity index (χ3n) is 2.12. The van der Waals surface area contributed by atoms with E-state index in [2.05, 4.69) is 33.0 Å². The Kier molecular flexibility index (Phi) is 3.44. The molecule has 0 unspecified atom stereocenters. The van der Waals surface area contributed by atoms with E-state index < -0.39 is 0 Å². The van der Waals surface area contributed by atoms with Crippen molar-refractivity contribution in [3.63, 3.8) is 0 Å². The summed E-state index contributed by atoms with van der Waals surface area (Å²) in [5.41, 5.74) is 0.940. The molecule has 0 saturated carbocycles. The zero-order valence-corrected chi connectivity index (χ0v) is 11.7. The maximum atomic E-state index is 11.9. The molecule has 1 N–H and O–H groups in total. The quantitative estimate of drug-likeness (QED) is 0.837. The van der Waals surface area contributed by atoms with Crippen LogP contribution in [0.3, 0.4) is 0 Å². The minimum Gasteiger partial charge on any atom is -0.306 e. The van der Waals surface area contributed by atoms with E-state index in [1.54, 1.807) is 18.5 Å². The standard InChI is InChI=1S/C10H7IN4OS/c1-15-9(7(3-12)4-13-15)14-10(16)6-2-8(11)17-5-6/h2,4-5H,1H3,(H,14,16). The fourth-order valence-electron chi connectivity index (χ4n) is 1.28. The third kappa shape index (κ3) is 2.48. The van der Waals surface area contributed by atoms with Crippen LogP contribution >= 0.6 is 33.9 Å². The molecule has 0 radical (unpaired) electrons. The molecule has 0 aliphatic rings. The lowest BCUT2D eigenvalue weighted by Gasteiger charge is -2.04. The average molecular weight is 358 g/mol. The Hall–Kier alpha value is -1.40. The van der Waals surface area contributed by atoms with Crippen molar-refractivity contribution in [3.05, 3.63) is 31.7 Å². The number of hydrogen-bond donors (Lipinski definition) is 1. The topological polar surface area (TPSA) is 70.7 Å². The van der Waals surface area contributed by atoms with Crippen LogP contribution in [0.5, 0.6) is 0 Å². The summed E-state index contributed by atoms with van der Waals surface area (Å²) < 4.78 is 2.51. The van der Waals surface area contributed by atoms with E-state index in [0.29, 0.717) is 16.9 Å². The molecule has 5 nitrogen and oxygen atoms in total. The van der Waals surface area contributed by atoms with Crippen molar-refractivity contribution in [2.24, 2.45) is 7.05 Å². The summed E-state index contributed by atoms with van der Waals surface area (Å²) in [7, 11) is 1.67. The molecule has 0 bridgehead atoms. The second-order valence-electron chi connectivity index (χ2n) is 3.24. The second kappa shape index (κ2) is 4.85. The normalized spacial score (nSPS) is 9.94. The number of halogens is 1. The molecule has 2 aromatic heterocycles. The molecule has 1 amide bonds. The first-order valence-corrected chi connectivity index (χ1v) is 6.55. The van der Waals surface area contributed by atoms with Crippen LogP contribution in [0.15, 0.2) is 17.6 Å². The number of aromatic nitrogens is 2. The van der Waals surface area contributed by atoms with Gasteiger partial charge in [0.1, 0.15) is 17.5 Å². The van der Waals surface area contributed by atoms with Crippen LogP contribution in [0.4, 0.5) is 5.82 Å². The lowest BCUT2D eigenvalue weighted by atomic mass is 10.3. The van der Waals surface area contributed by atoms with Crippen molar-refractivity contribution in [2.75, 3.05) is 5.32 Å². The number of anilines is 1. The Morgan fingerprint density at radius 2 is 2.47 bits per heavy atom. The van der Waals surface area contributed by atoms with E-state index in [4.69, 9.17) is 5.26 Å². The fourth-order valence-corrected chi connectivity index (χ4v) is 2.60. The summed E-state index contributed by atoms with van der Waals surface area (Å²) in [6.45, 7) is 0. The molecule has 2 rings (SSSR count). The van der Waals surface area contributed by atoms with Gasteiger partial charge in [-0.2, -0.15) is 10.4 Å². The first kappa shape index (κ1) is 12.1. The summed E-state index contributed by atoms with van der Waals surface area (Å²) in [6, 6.07) is 3.78. The molecule has 2 aromatic rings. The maximum absolute atomic E-state index is 11.9. The second-order valence-corrected chi connectivity index (χ2v) is 6.04. The van der Waals surface area contributed by atoms with Gasteiger partial charge < -0.3 is 5.32 Å². The maximum Gasteiger partial charge on any atom is 0.257 e.